The number of hydrogen-bond donors (Lipinski definition) is 2. The number of ether oxygens (including phenoxy) is 2. The molecule has 202 valence electrons. The van der Waals surface area contributed by atoms with Gasteiger partial charge in [-0.15, -0.1) is 5.06 Å². The van der Waals surface area contributed by atoms with Crippen molar-refractivity contribution in [2.45, 2.75) is 38.3 Å². The maximum absolute atomic E-state index is 12.5. The Balaban J connectivity index is 1.23. The molecule has 2 unspecified atom stereocenters. The van der Waals surface area contributed by atoms with Crippen LogP contribution in [0.5, 0.6) is 0 Å². The number of anilines is 1. The number of rotatable bonds is 7. The van der Waals surface area contributed by atoms with Crippen molar-refractivity contribution in [1.29, 1.82) is 5.41 Å². The Morgan fingerprint density at radius 1 is 1.08 bits per heavy atom. The van der Waals surface area contributed by atoms with Crippen molar-refractivity contribution < 1.29 is 28.7 Å². The van der Waals surface area contributed by atoms with E-state index in [0.717, 1.165) is 45.4 Å². The summed E-state index contributed by atoms with van der Waals surface area (Å²) in [5.74, 6) is -0.313. The molecular weight excluding hydrogens is 480 g/mol. The molecule has 3 fully saturated rings. The minimum Gasteiger partial charge on any atom is -0.468 e. The van der Waals surface area contributed by atoms with E-state index in [2.05, 4.69) is 15.1 Å². The van der Waals surface area contributed by atoms with E-state index in [1.54, 1.807) is 34.2 Å². The summed E-state index contributed by atoms with van der Waals surface area (Å²) in [6, 6.07) is 7.00. The third-order valence-electron chi connectivity index (χ3n) is 7.02. The zero-order valence-corrected chi connectivity index (χ0v) is 21.5. The van der Waals surface area contributed by atoms with Gasteiger partial charge in [0.05, 0.1) is 20.2 Å². The highest BCUT2D eigenvalue weighted by Gasteiger charge is 2.34. The number of nitrogens with one attached hydrogen (secondary N) is 2. The van der Waals surface area contributed by atoms with Crippen molar-refractivity contribution >= 4 is 29.7 Å². The summed E-state index contributed by atoms with van der Waals surface area (Å²) >= 11 is 0. The smallest absolute Gasteiger partial charge is 0.431 e. The molecule has 0 spiro atoms. The SMILES string of the molecule is COC(=O)CN1CCN(CC2CN(c3ccc(C(=N)NC(=O)ON4CCCCC4C)cc3)C(=O)O2)CC1. The van der Waals surface area contributed by atoms with E-state index in [1.165, 1.54) is 7.11 Å². The number of piperazine rings is 1. The van der Waals surface area contributed by atoms with Gasteiger partial charge < -0.3 is 14.3 Å². The summed E-state index contributed by atoms with van der Waals surface area (Å²) < 4.78 is 10.3. The molecule has 2 atom stereocenters. The summed E-state index contributed by atoms with van der Waals surface area (Å²) in [7, 11) is 1.39. The highest BCUT2D eigenvalue weighted by Crippen LogP contribution is 2.23. The van der Waals surface area contributed by atoms with Crippen molar-refractivity contribution in [3.63, 3.8) is 0 Å². The van der Waals surface area contributed by atoms with E-state index in [4.69, 9.17) is 19.7 Å². The molecule has 2 N–H and O–H groups in total. The van der Waals surface area contributed by atoms with E-state index < -0.39 is 12.2 Å². The highest BCUT2D eigenvalue weighted by molar-refractivity contribution is 6.04. The molecule has 12 nitrogen and oxygen atoms in total. The standard InChI is InChI=1S/C25H36N6O6/c1-18-5-3-4-10-31(18)37-24(33)27-23(26)19-6-8-20(9-7-19)30-16-21(36-25(30)34)15-28-11-13-29(14-12-28)17-22(32)35-2/h6-9,18,21H,3-5,10-17H2,1-2H3,(H2,26,27,33). The number of piperidine rings is 1. The van der Waals surface area contributed by atoms with Gasteiger partial charge in [-0.25, -0.2) is 9.59 Å². The Labute approximate surface area is 216 Å². The third kappa shape index (κ3) is 7.18. The molecule has 0 radical (unpaired) electrons. The summed E-state index contributed by atoms with van der Waals surface area (Å²) in [4.78, 5) is 47.4. The highest BCUT2D eigenvalue weighted by atomic mass is 16.7. The van der Waals surface area contributed by atoms with Gasteiger partial charge in [-0.05, 0) is 44.0 Å². The lowest BCUT2D eigenvalue weighted by Gasteiger charge is -2.34. The summed E-state index contributed by atoms with van der Waals surface area (Å²) in [5.41, 5.74) is 1.16. The molecule has 3 heterocycles. The zero-order valence-electron chi connectivity index (χ0n) is 21.5. The first kappa shape index (κ1) is 26.8. The molecule has 0 aliphatic carbocycles. The lowest BCUT2D eigenvalue weighted by atomic mass is 10.1. The number of carbonyl (C=O) groups excluding carboxylic acids is 3. The van der Waals surface area contributed by atoms with E-state index >= 15 is 0 Å². The average molecular weight is 517 g/mol. The second-order valence-electron chi connectivity index (χ2n) is 9.68. The molecule has 12 heteroatoms. The number of amidine groups is 1. The van der Waals surface area contributed by atoms with Gasteiger partial charge in [0.2, 0.25) is 0 Å². The molecular formula is C25H36N6O6. The van der Waals surface area contributed by atoms with E-state index in [0.29, 0.717) is 37.4 Å². The van der Waals surface area contributed by atoms with Crippen LogP contribution in [0, 0.1) is 5.41 Å². The number of hydrogen-bond acceptors (Lipinski definition) is 10. The Kier molecular flexibility index (Phi) is 8.95. The lowest BCUT2D eigenvalue weighted by Crippen LogP contribution is -2.50. The van der Waals surface area contributed by atoms with E-state index in [-0.39, 0.29) is 24.0 Å². The molecule has 3 aliphatic rings. The number of amides is 2. The maximum Gasteiger partial charge on any atom is 0.431 e. The monoisotopic (exact) mass is 516 g/mol. The number of nitrogens with zero attached hydrogens (tertiary/aromatic N) is 4. The molecule has 37 heavy (non-hydrogen) atoms. The first-order chi connectivity index (χ1) is 17.8. The molecule has 0 bridgehead atoms. The van der Waals surface area contributed by atoms with Gasteiger partial charge in [0.15, 0.2) is 0 Å². The zero-order chi connectivity index (χ0) is 26.4. The second-order valence-corrected chi connectivity index (χ2v) is 9.68. The summed E-state index contributed by atoms with van der Waals surface area (Å²) in [6.07, 6.45) is 1.72. The molecule has 4 rings (SSSR count). The van der Waals surface area contributed by atoms with Crippen molar-refractivity contribution in [3.8, 4) is 0 Å². The fourth-order valence-corrected chi connectivity index (χ4v) is 4.81. The normalized spacial score (nSPS) is 23.4. The van der Waals surface area contributed by atoms with Crippen molar-refractivity contribution in [1.82, 2.24) is 20.2 Å². The fourth-order valence-electron chi connectivity index (χ4n) is 4.81. The van der Waals surface area contributed by atoms with Gasteiger partial charge in [-0.3, -0.25) is 30.2 Å². The predicted molar refractivity (Wildman–Crippen MR) is 135 cm³/mol. The predicted octanol–water partition coefficient (Wildman–Crippen LogP) is 1.64. The first-order valence-corrected chi connectivity index (χ1v) is 12.8. The van der Waals surface area contributed by atoms with Crippen LogP contribution in [0.15, 0.2) is 24.3 Å². The van der Waals surface area contributed by atoms with Crippen LogP contribution < -0.4 is 10.2 Å². The van der Waals surface area contributed by atoms with E-state index in [9.17, 15) is 14.4 Å². The van der Waals surface area contributed by atoms with Gasteiger partial charge in [0, 0.05) is 56.6 Å². The van der Waals surface area contributed by atoms with Crippen LogP contribution in [-0.4, -0.2) is 110 Å². The Bertz CT molecular complexity index is 980. The largest absolute Gasteiger partial charge is 0.468 e. The van der Waals surface area contributed by atoms with Gasteiger partial charge in [-0.1, -0.05) is 6.42 Å². The molecule has 3 saturated heterocycles. The molecule has 1 aromatic rings. The van der Waals surface area contributed by atoms with Gasteiger partial charge in [0.1, 0.15) is 11.9 Å². The number of benzene rings is 1. The number of esters is 1. The van der Waals surface area contributed by atoms with Gasteiger partial charge in [-0.2, -0.15) is 0 Å². The first-order valence-electron chi connectivity index (χ1n) is 12.8. The topological polar surface area (TPSA) is 128 Å². The second kappa shape index (κ2) is 12.3. The van der Waals surface area contributed by atoms with Crippen LogP contribution >= 0.6 is 0 Å². The number of hydroxylamine groups is 2. The summed E-state index contributed by atoms with van der Waals surface area (Å²) in [6.45, 7) is 7.12. The minimum atomic E-state index is -0.681. The Hall–Kier alpha value is -3.22. The molecule has 3 aliphatic heterocycles. The van der Waals surface area contributed by atoms with Crippen LogP contribution in [-0.2, 0) is 19.1 Å². The Morgan fingerprint density at radius 2 is 1.78 bits per heavy atom. The summed E-state index contributed by atoms with van der Waals surface area (Å²) in [5, 5.41) is 12.3. The van der Waals surface area contributed by atoms with Crippen LogP contribution in [0.3, 0.4) is 0 Å². The van der Waals surface area contributed by atoms with Crippen LogP contribution in [0.1, 0.15) is 31.7 Å². The van der Waals surface area contributed by atoms with E-state index in [1.807, 2.05) is 6.92 Å². The number of cyclic esters (lactones) is 1. The number of methoxy groups -OCH3 is 1. The molecule has 0 saturated carbocycles. The van der Waals surface area contributed by atoms with Crippen LogP contribution in [0.2, 0.25) is 0 Å². The average Bonchev–Trinajstić information content (AvgIpc) is 3.26. The van der Waals surface area contributed by atoms with Gasteiger partial charge >= 0.3 is 18.2 Å². The van der Waals surface area contributed by atoms with Crippen molar-refractivity contribution in [3.05, 3.63) is 29.8 Å². The van der Waals surface area contributed by atoms with Crippen molar-refractivity contribution in [2.24, 2.45) is 0 Å². The minimum absolute atomic E-state index is 0.0746. The quantitative estimate of drug-likeness (QED) is 0.316. The lowest BCUT2D eigenvalue weighted by molar-refractivity contribution is -0.142. The van der Waals surface area contributed by atoms with Crippen LogP contribution in [0.25, 0.3) is 0 Å². The molecule has 2 amide bonds. The van der Waals surface area contributed by atoms with Gasteiger partial charge in [0.25, 0.3) is 0 Å². The molecule has 0 aromatic heterocycles. The maximum atomic E-state index is 12.5. The number of carbonyl (C=O) groups is 3. The third-order valence-corrected chi connectivity index (χ3v) is 7.02. The fraction of sp³-hybridized carbons (Fsp3) is 0.600. The van der Waals surface area contributed by atoms with Crippen LogP contribution in [0.4, 0.5) is 15.3 Å². The van der Waals surface area contributed by atoms with Crippen molar-refractivity contribution in [2.75, 3.05) is 64.4 Å². The molecule has 1 aromatic carbocycles. The Morgan fingerprint density at radius 3 is 2.46 bits per heavy atom.